The number of nitrogens with zero attached hydrogens (tertiary/aromatic N) is 3. The van der Waals surface area contributed by atoms with Crippen molar-refractivity contribution in [2.75, 3.05) is 0 Å². The van der Waals surface area contributed by atoms with Crippen LogP contribution >= 0.6 is 11.6 Å². The largest absolute Gasteiger partial charge is 0.292 e. The van der Waals surface area contributed by atoms with Crippen LogP contribution < -0.4 is 0 Å². The molecule has 0 N–H and O–H groups in total. The van der Waals surface area contributed by atoms with Crippen molar-refractivity contribution in [3.05, 3.63) is 53.9 Å². The fourth-order valence-corrected chi connectivity index (χ4v) is 2.21. The SMILES string of the molecule is Fc1ccc(-n2c(CCl)nc3cnccc32)c(F)c1F. The van der Waals surface area contributed by atoms with Crippen molar-refractivity contribution in [2.24, 2.45) is 0 Å². The van der Waals surface area contributed by atoms with E-state index < -0.39 is 17.5 Å². The predicted molar refractivity (Wildman–Crippen MR) is 68.3 cm³/mol. The molecule has 2 heterocycles. The molecule has 0 saturated heterocycles. The van der Waals surface area contributed by atoms with E-state index in [2.05, 4.69) is 9.97 Å². The molecule has 0 unspecified atom stereocenters. The molecule has 3 rings (SSSR count). The lowest BCUT2D eigenvalue weighted by Gasteiger charge is -2.09. The highest BCUT2D eigenvalue weighted by Gasteiger charge is 2.19. The first-order valence-corrected chi connectivity index (χ1v) is 6.18. The topological polar surface area (TPSA) is 30.7 Å². The molecule has 1 aromatic carbocycles. The fourth-order valence-electron chi connectivity index (χ4n) is 2.03. The van der Waals surface area contributed by atoms with Gasteiger partial charge in [-0.1, -0.05) is 0 Å². The highest BCUT2D eigenvalue weighted by atomic mass is 35.5. The number of imidazole rings is 1. The summed E-state index contributed by atoms with van der Waals surface area (Å²) in [4.78, 5) is 8.09. The molecule has 0 radical (unpaired) electrons. The standard InChI is InChI=1S/C13H7ClF3N3/c14-5-11-19-8-6-18-4-3-9(8)20(11)10-2-1-7(15)12(16)13(10)17/h1-4,6H,5H2. The molecule has 20 heavy (non-hydrogen) atoms. The zero-order valence-corrected chi connectivity index (χ0v) is 10.7. The predicted octanol–water partition coefficient (Wildman–Crippen LogP) is 3.58. The van der Waals surface area contributed by atoms with Crippen molar-refractivity contribution in [1.82, 2.24) is 14.5 Å². The summed E-state index contributed by atoms with van der Waals surface area (Å²) in [6.07, 6.45) is 2.98. The van der Waals surface area contributed by atoms with Gasteiger partial charge in [-0.2, -0.15) is 0 Å². The Morgan fingerprint density at radius 3 is 2.65 bits per heavy atom. The Kier molecular flexibility index (Phi) is 3.10. The molecule has 102 valence electrons. The minimum atomic E-state index is -1.53. The highest BCUT2D eigenvalue weighted by Crippen LogP contribution is 2.26. The average molecular weight is 298 g/mol. The molecular formula is C13H7ClF3N3. The summed E-state index contributed by atoms with van der Waals surface area (Å²) in [5.74, 6) is -3.75. The summed E-state index contributed by atoms with van der Waals surface area (Å²) in [7, 11) is 0. The second-order valence-corrected chi connectivity index (χ2v) is 4.32. The second kappa shape index (κ2) is 4.79. The number of rotatable bonds is 2. The third-order valence-corrected chi connectivity index (χ3v) is 3.14. The molecule has 0 spiro atoms. The first-order chi connectivity index (χ1) is 9.63. The van der Waals surface area contributed by atoms with E-state index in [0.717, 1.165) is 12.1 Å². The summed E-state index contributed by atoms with van der Waals surface area (Å²) in [6.45, 7) is 0. The Balaban J connectivity index is 2.37. The summed E-state index contributed by atoms with van der Waals surface area (Å²) in [6, 6.07) is 3.60. The molecule has 0 saturated carbocycles. The van der Waals surface area contributed by atoms with E-state index in [9.17, 15) is 13.2 Å². The van der Waals surface area contributed by atoms with Crippen LogP contribution in [0.25, 0.3) is 16.7 Å². The summed E-state index contributed by atoms with van der Waals surface area (Å²) in [5, 5.41) is 0. The first-order valence-electron chi connectivity index (χ1n) is 5.64. The Morgan fingerprint density at radius 1 is 1.10 bits per heavy atom. The lowest BCUT2D eigenvalue weighted by atomic mass is 10.2. The van der Waals surface area contributed by atoms with Gasteiger partial charge in [0.15, 0.2) is 17.5 Å². The fraction of sp³-hybridized carbons (Fsp3) is 0.0769. The van der Waals surface area contributed by atoms with Crippen molar-refractivity contribution in [3.8, 4) is 5.69 Å². The van der Waals surface area contributed by atoms with E-state index in [-0.39, 0.29) is 11.6 Å². The number of benzene rings is 1. The molecule has 7 heteroatoms. The van der Waals surface area contributed by atoms with Gasteiger partial charge in [0.25, 0.3) is 0 Å². The number of pyridine rings is 1. The maximum absolute atomic E-state index is 13.9. The van der Waals surface area contributed by atoms with Crippen LogP contribution in [0.5, 0.6) is 0 Å². The molecule has 0 aliphatic carbocycles. The third kappa shape index (κ3) is 1.84. The maximum Gasteiger partial charge on any atom is 0.196 e. The molecule has 0 aliphatic rings. The van der Waals surface area contributed by atoms with Gasteiger partial charge in [0.1, 0.15) is 11.3 Å². The first kappa shape index (κ1) is 12.9. The van der Waals surface area contributed by atoms with E-state index in [4.69, 9.17) is 11.6 Å². The monoisotopic (exact) mass is 297 g/mol. The lowest BCUT2D eigenvalue weighted by Crippen LogP contribution is -2.05. The quantitative estimate of drug-likeness (QED) is 0.535. The Labute approximate surface area is 116 Å². The summed E-state index contributed by atoms with van der Waals surface area (Å²) >= 11 is 5.78. The normalized spacial score (nSPS) is 11.2. The number of hydrogen-bond acceptors (Lipinski definition) is 2. The molecule has 3 aromatic rings. The molecule has 0 amide bonds. The molecule has 0 fully saturated rings. The number of halogens is 4. The zero-order valence-electron chi connectivity index (χ0n) is 9.95. The third-order valence-electron chi connectivity index (χ3n) is 2.90. The van der Waals surface area contributed by atoms with E-state index in [0.29, 0.717) is 16.9 Å². The van der Waals surface area contributed by atoms with Gasteiger partial charge in [0, 0.05) is 6.20 Å². The number of hydrogen-bond donors (Lipinski definition) is 0. The Morgan fingerprint density at radius 2 is 1.90 bits per heavy atom. The minimum absolute atomic E-state index is 0.00683. The van der Waals surface area contributed by atoms with Gasteiger partial charge < -0.3 is 0 Å². The molecule has 3 nitrogen and oxygen atoms in total. The Bertz CT molecular complexity index is 801. The number of alkyl halides is 1. The molecule has 2 aromatic heterocycles. The van der Waals surface area contributed by atoms with Crippen LogP contribution in [0.2, 0.25) is 0 Å². The highest BCUT2D eigenvalue weighted by molar-refractivity contribution is 6.17. The van der Waals surface area contributed by atoms with Crippen LogP contribution in [0.15, 0.2) is 30.6 Å². The smallest absolute Gasteiger partial charge is 0.196 e. The molecule has 0 bridgehead atoms. The van der Waals surface area contributed by atoms with Gasteiger partial charge in [-0.3, -0.25) is 9.55 Å². The number of fused-ring (bicyclic) bond motifs is 1. The number of aromatic nitrogens is 3. The minimum Gasteiger partial charge on any atom is -0.292 e. The van der Waals surface area contributed by atoms with E-state index in [1.165, 1.54) is 17.0 Å². The van der Waals surface area contributed by atoms with Crippen LogP contribution in [0.4, 0.5) is 13.2 Å². The van der Waals surface area contributed by atoms with Crippen LogP contribution in [-0.2, 0) is 5.88 Å². The van der Waals surface area contributed by atoms with Crippen LogP contribution in [0, 0.1) is 17.5 Å². The summed E-state index contributed by atoms with van der Waals surface area (Å²) < 4.78 is 41.7. The van der Waals surface area contributed by atoms with E-state index in [1.807, 2.05) is 0 Å². The van der Waals surface area contributed by atoms with Crippen molar-refractivity contribution < 1.29 is 13.2 Å². The van der Waals surface area contributed by atoms with Gasteiger partial charge in [-0.15, -0.1) is 11.6 Å². The summed E-state index contributed by atoms with van der Waals surface area (Å²) in [5.41, 5.74) is 0.862. The van der Waals surface area contributed by atoms with Crippen LogP contribution in [0.1, 0.15) is 5.82 Å². The molecule has 0 aliphatic heterocycles. The average Bonchev–Trinajstić information content (AvgIpc) is 2.84. The molecule has 0 atom stereocenters. The van der Waals surface area contributed by atoms with E-state index >= 15 is 0 Å². The molecular weight excluding hydrogens is 291 g/mol. The second-order valence-electron chi connectivity index (χ2n) is 4.06. The van der Waals surface area contributed by atoms with Gasteiger partial charge in [0.2, 0.25) is 0 Å². The van der Waals surface area contributed by atoms with Gasteiger partial charge in [-0.25, -0.2) is 18.2 Å². The van der Waals surface area contributed by atoms with Crippen molar-refractivity contribution in [2.45, 2.75) is 5.88 Å². The van der Waals surface area contributed by atoms with E-state index in [1.54, 1.807) is 6.07 Å². The van der Waals surface area contributed by atoms with Gasteiger partial charge in [-0.05, 0) is 18.2 Å². The van der Waals surface area contributed by atoms with Gasteiger partial charge in [0.05, 0.1) is 23.3 Å². The maximum atomic E-state index is 13.9. The van der Waals surface area contributed by atoms with Crippen LogP contribution in [0.3, 0.4) is 0 Å². The van der Waals surface area contributed by atoms with Crippen molar-refractivity contribution in [1.29, 1.82) is 0 Å². The van der Waals surface area contributed by atoms with Crippen molar-refractivity contribution in [3.63, 3.8) is 0 Å². The van der Waals surface area contributed by atoms with Crippen molar-refractivity contribution >= 4 is 22.6 Å². The zero-order chi connectivity index (χ0) is 14.3. The lowest BCUT2D eigenvalue weighted by molar-refractivity contribution is 0.444. The Hall–Kier alpha value is -2.08. The van der Waals surface area contributed by atoms with Gasteiger partial charge >= 0.3 is 0 Å². The van der Waals surface area contributed by atoms with Crippen LogP contribution in [-0.4, -0.2) is 14.5 Å².